The molecule has 0 radical (unpaired) electrons. The maximum atomic E-state index is 12.6. The fraction of sp³-hybridized carbons (Fsp3) is 0.333. The minimum absolute atomic E-state index is 0.236. The van der Waals surface area contributed by atoms with Crippen LogP contribution >= 0.6 is 0 Å². The van der Waals surface area contributed by atoms with Crippen LogP contribution < -0.4 is 14.4 Å². The number of anilines is 1. The molecule has 2 aliphatic rings. The van der Waals surface area contributed by atoms with Crippen LogP contribution in [0.25, 0.3) is 10.8 Å². The van der Waals surface area contributed by atoms with Crippen LogP contribution in [0.15, 0.2) is 59.6 Å². The smallest absolute Gasteiger partial charge is 0.309 e. The maximum absolute atomic E-state index is 12.6. The third kappa shape index (κ3) is 3.00. The van der Waals surface area contributed by atoms with Crippen LogP contribution in [0.5, 0.6) is 11.5 Å². The molecule has 5 nitrogen and oxygen atoms in total. The molecule has 3 aromatic rings. The van der Waals surface area contributed by atoms with E-state index in [0.29, 0.717) is 13.0 Å². The molecule has 1 unspecified atom stereocenters. The van der Waals surface area contributed by atoms with Gasteiger partial charge in [0.1, 0.15) is 24.5 Å². The minimum Gasteiger partial charge on any atom is -0.459 e. The molecule has 0 fully saturated rings. The van der Waals surface area contributed by atoms with Crippen molar-refractivity contribution < 1.29 is 14.3 Å². The van der Waals surface area contributed by atoms with Gasteiger partial charge >= 0.3 is 5.97 Å². The summed E-state index contributed by atoms with van der Waals surface area (Å²) in [5, 5.41) is 1.38. The van der Waals surface area contributed by atoms with E-state index in [1.165, 1.54) is 5.56 Å². The van der Waals surface area contributed by atoms with Gasteiger partial charge in [-0.05, 0) is 49.1 Å². The Balaban J connectivity index is 1.56. The van der Waals surface area contributed by atoms with Crippen LogP contribution in [0.2, 0.25) is 12.1 Å². The average molecular weight is 440 g/mol. The Hall–Kier alpha value is -3.28. The van der Waals surface area contributed by atoms with Crippen LogP contribution in [0.4, 0.5) is 11.4 Å². The Kier molecular flexibility index (Phi) is 4.65. The molecule has 2 aliphatic heterocycles. The second kappa shape index (κ2) is 7.11. The zero-order chi connectivity index (χ0) is 23.6. The lowest BCUT2D eigenvalue weighted by Crippen LogP contribution is -2.61. The Morgan fingerprint density at radius 3 is 2.58 bits per heavy atom. The molecule has 1 spiro atoms. The van der Waals surface area contributed by atoms with Crippen molar-refractivity contribution in [2.45, 2.75) is 51.0 Å². The number of aliphatic imine (C=N–C) groups is 1. The number of carbonyl (C=O) groups is 1. The van der Waals surface area contributed by atoms with Gasteiger partial charge in [-0.15, -0.1) is 0 Å². The third-order valence-electron chi connectivity index (χ3n) is 7.54. The van der Waals surface area contributed by atoms with Gasteiger partial charge < -0.3 is 14.4 Å². The van der Waals surface area contributed by atoms with Gasteiger partial charge in [0, 0.05) is 23.4 Å². The van der Waals surface area contributed by atoms with Crippen molar-refractivity contribution in [1.82, 2.24) is 0 Å². The van der Waals surface area contributed by atoms with Crippen molar-refractivity contribution in [2.75, 3.05) is 11.9 Å². The van der Waals surface area contributed by atoms with E-state index in [4.69, 9.17) is 14.5 Å². The highest BCUT2D eigenvalue weighted by molar-refractivity contribution is 6.44. The van der Waals surface area contributed by atoms with Gasteiger partial charge in [0.2, 0.25) is 5.72 Å². The molecule has 3 aromatic carbocycles. The number of benzene rings is 3. The number of fused-ring (bicyclic) bond motifs is 4. The van der Waals surface area contributed by atoms with Gasteiger partial charge in [-0.3, -0.25) is 9.79 Å². The number of rotatable bonds is 3. The molecular formula is C27H29BN2O3. The van der Waals surface area contributed by atoms with Gasteiger partial charge in [-0.1, -0.05) is 51.0 Å². The predicted octanol–water partition coefficient (Wildman–Crippen LogP) is 5.65. The highest BCUT2D eigenvalue weighted by atomic mass is 16.5. The molecule has 0 saturated heterocycles. The molecule has 0 amide bonds. The lowest BCUT2D eigenvalue weighted by Gasteiger charge is -2.45. The Morgan fingerprint density at radius 2 is 1.85 bits per heavy atom. The zero-order valence-corrected chi connectivity index (χ0v) is 20.1. The van der Waals surface area contributed by atoms with Crippen molar-refractivity contribution in [3.63, 3.8) is 0 Å². The second-order valence-electron chi connectivity index (χ2n) is 10.2. The monoisotopic (exact) mass is 440 g/mol. The van der Waals surface area contributed by atoms with Crippen molar-refractivity contribution >= 4 is 41.6 Å². The molecular weight excluding hydrogens is 411 g/mol. The first-order chi connectivity index (χ1) is 15.6. The lowest BCUT2D eigenvalue weighted by molar-refractivity contribution is -0.136. The average Bonchev–Trinajstić information content (AvgIpc) is 2.97. The fourth-order valence-corrected chi connectivity index (χ4v) is 4.81. The van der Waals surface area contributed by atoms with E-state index in [-0.39, 0.29) is 11.4 Å². The molecule has 0 aliphatic carbocycles. The molecule has 1 atom stereocenters. The van der Waals surface area contributed by atoms with Crippen LogP contribution in [0.3, 0.4) is 0 Å². The van der Waals surface area contributed by atoms with E-state index in [2.05, 4.69) is 50.1 Å². The second-order valence-corrected chi connectivity index (χ2v) is 10.2. The van der Waals surface area contributed by atoms with E-state index in [1.54, 1.807) is 0 Å². The van der Waals surface area contributed by atoms with E-state index >= 15 is 0 Å². The van der Waals surface area contributed by atoms with Crippen LogP contribution in [-0.4, -0.2) is 32.2 Å². The van der Waals surface area contributed by atoms with Gasteiger partial charge in [-0.2, -0.15) is 0 Å². The molecule has 0 aromatic heterocycles. The van der Waals surface area contributed by atoms with Gasteiger partial charge in [-0.25, -0.2) is 0 Å². The topological polar surface area (TPSA) is 51.1 Å². The van der Waals surface area contributed by atoms with E-state index < -0.39 is 11.0 Å². The highest BCUT2D eigenvalue weighted by Gasteiger charge is 2.58. The third-order valence-corrected chi connectivity index (χ3v) is 7.54. The summed E-state index contributed by atoms with van der Waals surface area (Å²) < 4.78 is 12.5. The summed E-state index contributed by atoms with van der Waals surface area (Å²) in [6.07, 6.45) is 1.92. The largest absolute Gasteiger partial charge is 0.459 e. The summed E-state index contributed by atoms with van der Waals surface area (Å²) in [7, 11) is 2.76. The summed E-state index contributed by atoms with van der Waals surface area (Å²) in [5.41, 5.74) is 2.09. The van der Waals surface area contributed by atoms with Gasteiger partial charge in [0.25, 0.3) is 0 Å². The molecule has 168 valence electrons. The first-order valence-electron chi connectivity index (χ1n) is 11.5. The summed E-state index contributed by atoms with van der Waals surface area (Å²) in [5.74, 6) is 0.999. The first-order valence-corrected chi connectivity index (χ1v) is 11.5. The first kappa shape index (κ1) is 21.6. The lowest BCUT2D eigenvalue weighted by atomic mass is 9.56. The van der Waals surface area contributed by atoms with Crippen LogP contribution in [-0.2, 0) is 10.2 Å². The fourth-order valence-electron chi connectivity index (χ4n) is 4.81. The van der Waals surface area contributed by atoms with Crippen molar-refractivity contribution in [2.24, 2.45) is 4.99 Å². The molecule has 2 heterocycles. The number of carbonyl (C=O) groups excluding carboxylic acids is 1. The van der Waals surface area contributed by atoms with Crippen molar-refractivity contribution in [3.8, 4) is 11.5 Å². The number of hydrogen-bond donors (Lipinski definition) is 0. The normalized spacial score (nSPS) is 20.4. The predicted molar refractivity (Wildman–Crippen MR) is 136 cm³/mol. The summed E-state index contributed by atoms with van der Waals surface area (Å²) in [6.45, 7) is 10.2. The molecule has 33 heavy (non-hydrogen) atoms. The summed E-state index contributed by atoms with van der Waals surface area (Å²) in [4.78, 5) is 19.7. The molecule has 0 saturated carbocycles. The number of hydrogen-bond acceptors (Lipinski definition) is 5. The number of ether oxygens (including phenoxy) is 2. The van der Waals surface area contributed by atoms with E-state index in [9.17, 15) is 4.79 Å². The number of nitrogens with zero attached hydrogens (tertiary/aromatic N) is 2. The van der Waals surface area contributed by atoms with Crippen molar-refractivity contribution in [1.29, 1.82) is 0 Å². The van der Waals surface area contributed by atoms with Gasteiger partial charge in [0.15, 0.2) is 0 Å². The SMILES string of the molecule is CBC(C)(C)C(=O)Oc1ccc2ccc3c(c2c1)N=CC1(O3)N(C)c2ccccc2C1(C)C. The summed E-state index contributed by atoms with van der Waals surface area (Å²) in [6, 6.07) is 18.1. The quantitative estimate of drug-likeness (QED) is 0.300. The number of esters is 1. The van der Waals surface area contributed by atoms with Gasteiger partial charge in [0.05, 0.1) is 11.6 Å². The van der Waals surface area contributed by atoms with Crippen LogP contribution in [0, 0.1) is 0 Å². The van der Waals surface area contributed by atoms with E-state index in [0.717, 1.165) is 27.9 Å². The minimum atomic E-state index is -0.730. The molecule has 0 bridgehead atoms. The molecule has 0 N–H and O–H groups in total. The zero-order valence-electron chi connectivity index (χ0n) is 20.1. The Bertz CT molecular complexity index is 1310. The molecule has 5 rings (SSSR count). The van der Waals surface area contributed by atoms with E-state index in [1.807, 2.05) is 57.2 Å². The Labute approximate surface area is 195 Å². The summed E-state index contributed by atoms with van der Waals surface area (Å²) >= 11 is 0. The maximum Gasteiger partial charge on any atom is 0.309 e. The highest BCUT2D eigenvalue weighted by Crippen LogP contribution is 2.54. The Morgan fingerprint density at radius 1 is 1.12 bits per heavy atom. The van der Waals surface area contributed by atoms with Crippen molar-refractivity contribution in [3.05, 3.63) is 60.2 Å². The number of likely N-dealkylation sites (N-methyl/N-ethyl adjacent to an activating group) is 1. The molecule has 6 heteroatoms. The number of para-hydroxylation sites is 1. The van der Waals surface area contributed by atoms with Crippen LogP contribution in [0.1, 0.15) is 33.3 Å². The standard InChI is InChI=1S/C27H29BN2O3/c1-25(2)20-9-7-8-10-21(20)30(6)27(25)16-29-23-19-15-18(32-24(31)26(3,4)28-5)13-11-17(19)12-14-22(23)33-27/h7-16,28H,1-6H3.